The molecule has 4 nitrogen and oxygen atoms in total. The second kappa shape index (κ2) is 6.74. The van der Waals surface area contributed by atoms with Gasteiger partial charge >= 0.3 is 6.03 Å². The number of hydrogen-bond donors (Lipinski definition) is 1. The van der Waals surface area contributed by atoms with Gasteiger partial charge in [0.2, 0.25) is 0 Å². The summed E-state index contributed by atoms with van der Waals surface area (Å²) in [6.45, 7) is 4.77. The fourth-order valence-electron chi connectivity index (χ4n) is 2.74. The molecule has 0 radical (unpaired) electrons. The van der Waals surface area contributed by atoms with E-state index in [1.165, 1.54) is 0 Å². The maximum atomic E-state index is 12.6. The number of benzene rings is 1. The Morgan fingerprint density at radius 3 is 2.81 bits per heavy atom. The standard InChI is InChI=1S/C17H24N2O2/c1-4-6-7-12(5-2)16(20)13-8-9-15-14(10-13)11-19(3)17(21)18-15/h8-10,12H,4-7,11H2,1-3H3,(H,18,21). The highest BCUT2D eigenvalue weighted by Gasteiger charge is 2.22. The van der Waals surface area contributed by atoms with Crippen molar-refractivity contribution in [3.63, 3.8) is 0 Å². The molecule has 0 spiro atoms. The summed E-state index contributed by atoms with van der Waals surface area (Å²) in [6, 6.07) is 5.51. The molecule has 1 aliphatic rings. The van der Waals surface area contributed by atoms with Gasteiger partial charge in [-0.3, -0.25) is 4.79 Å². The topological polar surface area (TPSA) is 49.4 Å². The maximum absolute atomic E-state index is 12.6. The first kappa shape index (κ1) is 15.5. The Bertz CT molecular complexity index is 540. The lowest BCUT2D eigenvalue weighted by molar-refractivity contribution is 0.0908. The van der Waals surface area contributed by atoms with E-state index in [0.29, 0.717) is 6.54 Å². The summed E-state index contributed by atoms with van der Waals surface area (Å²) in [4.78, 5) is 25.8. The molecule has 0 fully saturated rings. The number of rotatable bonds is 6. The highest BCUT2D eigenvalue weighted by molar-refractivity contribution is 5.99. The number of nitrogens with zero attached hydrogens (tertiary/aromatic N) is 1. The quantitative estimate of drug-likeness (QED) is 0.802. The minimum atomic E-state index is -0.101. The molecule has 114 valence electrons. The first-order chi connectivity index (χ1) is 10.1. The number of carbonyl (C=O) groups is 2. The van der Waals surface area contributed by atoms with Crippen LogP contribution in [0.5, 0.6) is 0 Å². The van der Waals surface area contributed by atoms with Crippen LogP contribution in [0.2, 0.25) is 0 Å². The van der Waals surface area contributed by atoms with Crippen molar-refractivity contribution in [2.45, 2.75) is 46.1 Å². The molecule has 0 aliphatic carbocycles. The van der Waals surface area contributed by atoms with Crippen LogP contribution in [-0.4, -0.2) is 23.8 Å². The molecule has 0 saturated heterocycles. The van der Waals surface area contributed by atoms with Crippen molar-refractivity contribution in [3.05, 3.63) is 29.3 Å². The zero-order chi connectivity index (χ0) is 15.4. The predicted octanol–water partition coefficient (Wildman–Crippen LogP) is 4.06. The van der Waals surface area contributed by atoms with Crippen molar-refractivity contribution in [2.24, 2.45) is 5.92 Å². The highest BCUT2D eigenvalue weighted by Crippen LogP contribution is 2.26. The van der Waals surface area contributed by atoms with Crippen molar-refractivity contribution in [3.8, 4) is 0 Å². The highest BCUT2D eigenvalue weighted by atomic mass is 16.2. The molecule has 4 heteroatoms. The Morgan fingerprint density at radius 1 is 1.38 bits per heavy atom. The first-order valence-electron chi connectivity index (χ1n) is 7.76. The van der Waals surface area contributed by atoms with Gasteiger partial charge in [-0.05, 0) is 36.6 Å². The number of hydrogen-bond acceptors (Lipinski definition) is 2. The van der Waals surface area contributed by atoms with Crippen LogP contribution in [0.25, 0.3) is 0 Å². The number of ketones is 1. The number of nitrogens with one attached hydrogen (secondary N) is 1. The zero-order valence-electron chi connectivity index (χ0n) is 13.1. The van der Waals surface area contributed by atoms with Gasteiger partial charge in [0.1, 0.15) is 0 Å². The van der Waals surface area contributed by atoms with Gasteiger partial charge in [0.05, 0.1) is 0 Å². The van der Waals surface area contributed by atoms with E-state index in [4.69, 9.17) is 0 Å². The van der Waals surface area contributed by atoms with Gasteiger partial charge in [0, 0.05) is 30.8 Å². The van der Waals surface area contributed by atoms with Crippen molar-refractivity contribution >= 4 is 17.5 Å². The van der Waals surface area contributed by atoms with E-state index >= 15 is 0 Å². The SMILES string of the molecule is CCCCC(CC)C(=O)c1ccc2c(c1)CN(C)C(=O)N2. The van der Waals surface area contributed by atoms with Crippen molar-refractivity contribution in [1.29, 1.82) is 0 Å². The number of amides is 2. The van der Waals surface area contributed by atoms with E-state index in [0.717, 1.165) is 42.5 Å². The lowest BCUT2D eigenvalue weighted by atomic mass is 9.89. The van der Waals surface area contributed by atoms with Crippen LogP contribution in [0.1, 0.15) is 55.5 Å². The lowest BCUT2D eigenvalue weighted by Gasteiger charge is -2.26. The van der Waals surface area contributed by atoms with E-state index in [2.05, 4.69) is 19.2 Å². The van der Waals surface area contributed by atoms with Crippen LogP contribution in [0, 0.1) is 5.92 Å². The molecule has 2 amide bonds. The van der Waals surface area contributed by atoms with Gasteiger partial charge in [-0.15, -0.1) is 0 Å². The number of Topliss-reactive ketones (excluding diaryl/α,β-unsaturated/α-hetero) is 1. The monoisotopic (exact) mass is 288 g/mol. The van der Waals surface area contributed by atoms with Gasteiger partial charge < -0.3 is 10.2 Å². The number of anilines is 1. The van der Waals surface area contributed by atoms with Gasteiger partial charge in [0.25, 0.3) is 0 Å². The third kappa shape index (κ3) is 3.43. The largest absolute Gasteiger partial charge is 0.323 e. The molecular weight excluding hydrogens is 264 g/mol. The molecule has 0 saturated carbocycles. The Balaban J connectivity index is 2.19. The molecule has 2 rings (SSSR count). The summed E-state index contributed by atoms with van der Waals surface area (Å²) in [5.41, 5.74) is 2.59. The van der Waals surface area contributed by atoms with Crippen molar-refractivity contribution < 1.29 is 9.59 Å². The lowest BCUT2D eigenvalue weighted by Crippen LogP contribution is -2.35. The summed E-state index contributed by atoms with van der Waals surface area (Å²) >= 11 is 0. The molecule has 0 aromatic heterocycles. The molecule has 1 N–H and O–H groups in total. The molecule has 1 aliphatic heterocycles. The van der Waals surface area contributed by atoms with E-state index in [1.807, 2.05) is 18.2 Å². The number of carbonyl (C=O) groups excluding carboxylic acids is 2. The molecule has 1 atom stereocenters. The average Bonchev–Trinajstić information content (AvgIpc) is 2.48. The van der Waals surface area contributed by atoms with Crippen LogP contribution < -0.4 is 5.32 Å². The van der Waals surface area contributed by atoms with Crippen molar-refractivity contribution in [2.75, 3.05) is 12.4 Å². The average molecular weight is 288 g/mol. The molecule has 1 aromatic carbocycles. The Labute approximate surface area is 126 Å². The van der Waals surface area contributed by atoms with Crippen LogP contribution in [0.4, 0.5) is 10.5 Å². The third-order valence-corrected chi connectivity index (χ3v) is 4.16. The predicted molar refractivity (Wildman–Crippen MR) is 84.6 cm³/mol. The van der Waals surface area contributed by atoms with E-state index < -0.39 is 0 Å². The summed E-state index contributed by atoms with van der Waals surface area (Å²) in [5, 5.41) is 2.83. The number of unbranched alkanes of at least 4 members (excludes halogenated alkanes) is 1. The first-order valence-corrected chi connectivity index (χ1v) is 7.76. The zero-order valence-corrected chi connectivity index (χ0v) is 13.1. The second-order valence-corrected chi connectivity index (χ2v) is 5.77. The van der Waals surface area contributed by atoms with E-state index in [9.17, 15) is 9.59 Å². The molecule has 1 unspecified atom stereocenters. The Kier molecular flexibility index (Phi) is 4.99. The minimum absolute atomic E-state index is 0.101. The molecule has 1 aromatic rings. The van der Waals surface area contributed by atoms with Crippen LogP contribution in [0.15, 0.2) is 18.2 Å². The fraction of sp³-hybridized carbons (Fsp3) is 0.529. The Hall–Kier alpha value is -1.84. The van der Waals surface area contributed by atoms with Gasteiger partial charge in [-0.25, -0.2) is 4.79 Å². The van der Waals surface area contributed by atoms with Crippen LogP contribution >= 0.6 is 0 Å². The number of urea groups is 1. The van der Waals surface area contributed by atoms with E-state index in [1.54, 1.807) is 11.9 Å². The van der Waals surface area contributed by atoms with Gasteiger partial charge in [0.15, 0.2) is 5.78 Å². The van der Waals surface area contributed by atoms with Crippen molar-refractivity contribution in [1.82, 2.24) is 4.90 Å². The fourth-order valence-corrected chi connectivity index (χ4v) is 2.74. The summed E-state index contributed by atoms with van der Waals surface area (Å²) < 4.78 is 0. The molecular formula is C17H24N2O2. The number of fused-ring (bicyclic) bond motifs is 1. The van der Waals surface area contributed by atoms with Crippen LogP contribution in [0.3, 0.4) is 0 Å². The second-order valence-electron chi connectivity index (χ2n) is 5.77. The minimum Gasteiger partial charge on any atom is -0.323 e. The van der Waals surface area contributed by atoms with E-state index in [-0.39, 0.29) is 17.7 Å². The summed E-state index contributed by atoms with van der Waals surface area (Å²) in [5.74, 6) is 0.340. The molecule has 0 bridgehead atoms. The van der Waals surface area contributed by atoms with Gasteiger partial charge in [-0.2, -0.15) is 0 Å². The Morgan fingerprint density at radius 2 is 2.14 bits per heavy atom. The summed E-state index contributed by atoms with van der Waals surface area (Å²) in [6.07, 6.45) is 4.05. The maximum Gasteiger partial charge on any atom is 0.321 e. The normalized spacial score (nSPS) is 15.4. The third-order valence-electron chi connectivity index (χ3n) is 4.16. The molecule has 21 heavy (non-hydrogen) atoms. The van der Waals surface area contributed by atoms with Gasteiger partial charge in [-0.1, -0.05) is 26.7 Å². The summed E-state index contributed by atoms with van der Waals surface area (Å²) in [7, 11) is 1.75. The smallest absolute Gasteiger partial charge is 0.321 e. The van der Waals surface area contributed by atoms with Crippen LogP contribution in [-0.2, 0) is 6.54 Å². The molecule has 1 heterocycles.